The van der Waals surface area contributed by atoms with Crippen LogP contribution in [0.5, 0.6) is 0 Å². The van der Waals surface area contributed by atoms with E-state index in [9.17, 15) is 4.79 Å². The van der Waals surface area contributed by atoms with E-state index in [2.05, 4.69) is 15.4 Å². The first-order valence-electron chi connectivity index (χ1n) is 7.71. The van der Waals surface area contributed by atoms with Gasteiger partial charge in [-0.3, -0.25) is 9.48 Å². The van der Waals surface area contributed by atoms with Gasteiger partial charge in [0.1, 0.15) is 11.3 Å². The number of pyridine rings is 1. The molecular formula is C17H21N5O. The number of carbonyl (C=O) groups is 1. The van der Waals surface area contributed by atoms with Gasteiger partial charge in [-0.2, -0.15) is 5.10 Å². The zero-order valence-corrected chi connectivity index (χ0v) is 13.9. The number of hydrogen-bond donors (Lipinski definition) is 1. The number of hydrogen-bond acceptors (Lipinski definition) is 3. The maximum Gasteiger partial charge on any atom is 0.272 e. The van der Waals surface area contributed by atoms with Gasteiger partial charge in [-0.15, -0.1) is 0 Å². The first-order valence-corrected chi connectivity index (χ1v) is 7.71. The van der Waals surface area contributed by atoms with Crippen LogP contribution in [0.25, 0.3) is 5.65 Å². The molecule has 3 heterocycles. The van der Waals surface area contributed by atoms with Crippen molar-refractivity contribution in [3.05, 3.63) is 53.2 Å². The van der Waals surface area contributed by atoms with Crippen LogP contribution in [0.3, 0.4) is 0 Å². The highest BCUT2D eigenvalue weighted by molar-refractivity contribution is 5.94. The third-order valence-corrected chi connectivity index (χ3v) is 3.91. The van der Waals surface area contributed by atoms with E-state index < -0.39 is 0 Å². The summed E-state index contributed by atoms with van der Waals surface area (Å²) in [6, 6.07) is 7.72. The summed E-state index contributed by atoms with van der Waals surface area (Å²) in [6.45, 7) is 8.49. The molecule has 0 aromatic carbocycles. The number of aryl methyl sites for hydroxylation is 3. The second-order valence-corrected chi connectivity index (χ2v) is 5.96. The number of aromatic nitrogens is 4. The number of carbonyl (C=O) groups excluding carboxylic acids is 1. The van der Waals surface area contributed by atoms with Crippen LogP contribution in [-0.2, 0) is 6.54 Å². The molecule has 3 aromatic rings. The van der Waals surface area contributed by atoms with Gasteiger partial charge >= 0.3 is 0 Å². The molecule has 23 heavy (non-hydrogen) atoms. The van der Waals surface area contributed by atoms with Gasteiger partial charge in [-0.05, 0) is 45.9 Å². The molecule has 3 aromatic heterocycles. The van der Waals surface area contributed by atoms with Gasteiger partial charge < -0.3 is 9.72 Å². The summed E-state index contributed by atoms with van der Waals surface area (Å²) in [7, 11) is 0. The molecule has 3 rings (SSSR count). The van der Waals surface area contributed by atoms with Crippen LogP contribution in [0, 0.1) is 20.8 Å². The van der Waals surface area contributed by atoms with E-state index in [1.807, 2.05) is 67.2 Å². The van der Waals surface area contributed by atoms with Crippen LogP contribution in [0.2, 0.25) is 0 Å². The lowest BCUT2D eigenvalue weighted by Crippen LogP contribution is -2.36. The van der Waals surface area contributed by atoms with Gasteiger partial charge in [0.25, 0.3) is 5.91 Å². The number of nitrogens with zero attached hydrogens (tertiary/aromatic N) is 4. The predicted octanol–water partition coefficient (Wildman–Crippen LogP) is 2.27. The van der Waals surface area contributed by atoms with Gasteiger partial charge in [-0.25, -0.2) is 4.98 Å². The standard InChI is InChI=1S/C17H21N5O/c1-11-9-13(3)22(20-11)10-12(2)18-17(23)16-14(4)21-8-6-5-7-15(21)19-16/h5-9,12H,10H2,1-4H3,(H,18,23). The lowest BCUT2D eigenvalue weighted by Gasteiger charge is -2.14. The normalized spacial score (nSPS) is 12.5. The summed E-state index contributed by atoms with van der Waals surface area (Å²) in [6.07, 6.45) is 1.91. The summed E-state index contributed by atoms with van der Waals surface area (Å²) in [4.78, 5) is 16.9. The highest BCUT2D eigenvalue weighted by Gasteiger charge is 2.18. The Balaban J connectivity index is 1.75. The van der Waals surface area contributed by atoms with E-state index in [4.69, 9.17) is 0 Å². The molecule has 120 valence electrons. The van der Waals surface area contributed by atoms with Gasteiger partial charge in [0.15, 0.2) is 0 Å². The molecule has 0 aliphatic carbocycles. The zero-order chi connectivity index (χ0) is 16.6. The molecule has 1 atom stereocenters. The summed E-state index contributed by atoms with van der Waals surface area (Å²) < 4.78 is 3.83. The van der Waals surface area contributed by atoms with E-state index >= 15 is 0 Å². The van der Waals surface area contributed by atoms with E-state index in [-0.39, 0.29) is 11.9 Å². The molecule has 0 fully saturated rings. The van der Waals surface area contributed by atoms with Crippen molar-refractivity contribution in [1.82, 2.24) is 24.5 Å². The van der Waals surface area contributed by atoms with Crippen LogP contribution in [0.15, 0.2) is 30.5 Å². The average molecular weight is 311 g/mol. The number of imidazole rings is 1. The van der Waals surface area contributed by atoms with Crippen molar-refractivity contribution in [3.8, 4) is 0 Å². The third kappa shape index (κ3) is 2.97. The molecule has 0 saturated carbocycles. The van der Waals surface area contributed by atoms with E-state index in [0.717, 1.165) is 22.7 Å². The fraction of sp³-hybridized carbons (Fsp3) is 0.353. The lowest BCUT2D eigenvalue weighted by molar-refractivity contribution is 0.0930. The molecule has 0 spiro atoms. The minimum absolute atomic E-state index is 0.0373. The van der Waals surface area contributed by atoms with Crippen LogP contribution in [0.1, 0.15) is 34.5 Å². The molecule has 1 unspecified atom stereocenters. The van der Waals surface area contributed by atoms with E-state index in [1.165, 1.54) is 0 Å². The van der Waals surface area contributed by atoms with Gasteiger partial charge in [0, 0.05) is 17.9 Å². The van der Waals surface area contributed by atoms with Crippen molar-refractivity contribution in [2.24, 2.45) is 0 Å². The van der Waals surface area contributed by atoms with Crippen LogP contribution in [0.4, 0.5) is 0 Å². The molecule has 0 saturated heterocycles. The van der Waals surface area contributed by atoms with Crippen molar-refractivity contribution >= 4 is 11.6 Å². The minimum Gasteiger partial charge on any atom is -0.346 e. The predicted molar refractivity (Wildman–Crippen MR) is 88.6 cm³/mol. The summed E-state index contributed by atoms with van der Waals surface area (Å²) in [5.41, 5.74) is 4.17. The molecule has 0 aliphatic rings. The van der Waals surface area contributed by atoms with Crippen LogP contribution >= 0.6 is 0 Å². The first-order chi connectivity index (χ1) is 11.0. The van der Waals surface area contributed by atoms with Gasteiger partial charge in [-0.1, -0.05) is 6.07 Å². The molecule has 1 N–H and O–H groups in total. The van der Waals surface area contributed by atoms with Crippen molar-refractivity contribution in [3.63, 3.8) is 0 Å². The Hall–Kier alpha value is -2.63. The number of nitrogens with one attached hydrogen (secondary N) is 1. The monoisotopic (exact) mass is 311 g/mol. The maximum absolute atomic E-state index is 12.5. The Bertz CT molecular complexity index is 861. The maximum atomic E-state index is 12.5. The van der Waals surface area contributed by atoms with Crippen molar-refractivity contribution in [2.75, 3.05) is 0 Å². The van der Waals surface area contributed by atoms with Crippen LogP contribution in [-0.4, -0.2) is 31.1 Å². The largest absolute Gasteiger partial charge is 0.346 e. The van der Waals surface area contributed by atoms with Crippen molar-refractivity contribution in [1.29, 1.82) is 0 Å². The van der Waals surface area contributed by atoms with E-state index in [0.29, 0.717) is 12.2 Å². The fourth-order valence-electron chi connectivity index (χ4n) is 2.79. The second kappa shape index (κ2) is 5.87. The zero-order valence-electron chi connectivity index (χ0n) is 13.9. The topological polar surface area (TPSA) is 64.2 Å². The van der Waals surface area contributed by atoms with Crippen molar-refractivity contribution in [2.45, 2.75) is 40.3 Å². The summed E-state index contributed by atoms with van der Waals surface area (Å²) in [5.74, 6) is -0.153. The fourth-order valence-corrected chi connectivity index (χ4v) is 2.79. The van der Waals surface area contributed by atoms with Crippen LogP contribution < -0.4 is 5.32 Å². The molecule has 0 aliphatic heterocycles. The Kier molecular flexibility index (Phi) is 3.90. The SMILES string of the molecule is Cc1cc(C)n(CC(C)NC(=O)c2nc3ccccn3c2C)n1. The summed E-state index contributed by atoms with van der Waals surface area (Å²) >= 11 is 0. The molecular weight excluding hydrogens is 290 g/mol. The van der Waals surface area contributed by atoms with Gasteiger partial charge in [0.2, 0.25) is 0 Å². The Morgan fingerprint density at radius 2 is 2.09 bits per heavy atom. The lowest BCUT2D eigenvalue weighted by atomic mass is 10.2. The number of rotatable bonds is 4. The molecule has 1 amide bonds. The second-order valence-electron chi connectivity index (χ2n) is 5.96. The van der Waals surface area contributed by atoms with E-state index in [1.54, 1.807) is 0 Å². The quantitative estimate of drug-likeness (QED) is 0.804. The first kappa shape index (κ1) is 15.3. The highest BCUT2D eigenvalue weighted by atomic mass is 16.2. The summed E-state index contributed by atoms with van der Waals surface area (Å²) in [5, 5.41) is 7.44. The Morgan fingerprint density at radius 3 is 2.74 bits per heavy atom. The Labute approximate surface area is 135 Å². The molecule has 0 bridgehead atoms. The molecule has 0 radical (unpaired) electrons. The third-order valence-electron chi connectivity index (χ3n) is 3.91. The smallest absolute Gasteiger partial charge is 0.272 e. The van der Waals surface area contributed by atoms with Gasteiger partial charge in [0.05, 0.1) is 17.9 Å². The molecule has 6 heteroatoms. The average Bonchev–Trinajstić information content (AvgIpc) is 2.99. The minimum atomic E-state index is -0.153. The number of fused-ring (bicyclic) bond motifs is 1. The highest BCUT2D eigenvalue weighted by Crippen LogP contribution is 2.11. The Morgan fingerprint density at radius 1 is 1.30 bits per heavy atom. The van der Waals surface area contributed by atoms with Crippen molar-refractivity contribution < 1.29 is 4.79 Å². The number of amides is 1. The molecule has 6 nitrogen and oxygen atoms in total.